The fourth-order valence-corrected chi connectivity index (χ4v) is 2.26. The Morgan fingerprint density at radius 3 is 2.47 bits per heavy atom. The molecule has 2 nitrogen and oxygen atoms in total. The first-order chi connectivity index (χ1) is 8.88. The van der Waals surface area contributed by atoms with Gasteiger partial charge in [-0.15, -0.1) is 0 Å². The van der Waals surface area contributed by atoms with Gasteiger partial charge >= 0.3 is 0 Å². The van der Waals surface area contributed by atoms with E-state index in [2.05, 4.69) is 45.9 Å². The minimum atomic E-state index is 0.161. The minimum absolute atomic E-state index is 0.161. The first-order valence-electron chi connectivity index (χ1n) is 7.31. The maximum absolute atomic E-state index is 6.22. The summed E-state index contributed by atoms with van der Waals surface area (Å²) in [6.07, 6.45) is 4.38. The Hall–Kier alpha value is -1.02. The summed E-state index contributed by atoms with van der Waals surface area (Å²) in [5.41, 5.74) is 8.95. The fraction of sp³-hybridized carbons (Fsp3) is 0.647. The number of rotatable bonds is 6. The van der Waals surface area contributed by atoms with Gasteiger partial charge in [0.2, 0.25) is 0 Å². The molecule has 2 heteroatoms. The topological polar surface area (TPSA) is 35.2 Å². The van der Waals surface area contributed by atoms with E-state index < -0.39 is 0 Å². The Morgan fingerprint density at radius 2 is 1.95 bits per heavy atom. The Kier molecular flexibility index (Phi) is 5.86. The first kappa shape index (κ1) is 16.0. The van der Waals surface area contributed by atoms with Crippen LogP contribution in [-0.2, 0) is 11.8 Å². The molecule has 1 aromatic rings. The van der Waals surface area contributed by atoms with Gasteiger partial charge in [0.15, 0.2) is 0 Å². The molecule has 0 aromatic heterocycles. The lowest BCUT2D eigenvalue weighted by molar-refractivity contribution is 0.406. The van der Waals surface area contributed by atoms with Crippen molar-refractivity contribution < 1.29 is 4.74 Å². The molecule has 1 aromatic carbocycles. The van der Waals surface area contributed by atoms with Crippen molar-refractivity contribution in [3.05, 3.63) is 29.3 Å². The van der Waals surface area contributed by atoms with Gasteiger partial charge in [-0.25, -0.2) is 0 Å². The zero-order chi connectivity index (χ0) is 14.5. The van der Waals surface area contributed by atoms with Crippen molar-refractivity contribution in [2.45, 2.75) is 64.8 Å². The summed E-state index contributed by atoms with van der Waals surface area (Å²) >= 11 is 0. The number of methoxy groups -OCH3 is 1. The Bertz CT molecular complexity index is 393. The highest BCUT2D eigenvalue weighted by atomic mass is 16.5. The average molecular weight is 263 g/mol. The predicted octanol–water partition coefficient (Wildman–Crippen LogP) is 4.05. The Balaban J connectivity index is 2.90. The normalized spacial score (nSPS) is 13.4. The predicted molar refractivity (Wildman–Crippen MR) is 82.9 cm³/mol. The van der Waals surface area contributed by atoms with Crippen LogP contribution in [0, 0.1) is 0 Å². The van der Waals surface area contributed by atoms with Crippen LogP contribution in [0.25, 0.3) is 0 Å². The summed E-state index contributed by atoms with van der Waals surface area (Å²) in [4.78, 5) is 0. The van der Waals surface area contributed by atoms with Crippen LogP contribution in [0.1, 0.15) is 58.1 Å². The Morgan fingerprint density at radius 1 is 1.26 bits per heavy atom. The van der Waals surface area contributed by atoms with Crippen LogP contribution in [0.4, 0.5) is 0 Å². The zero-order valence-corrected chi connectivity index (χ0v) is 13.1. The standard InChI is InChI=1S/C17H29NO/c1-6-7-8-15(18)12-13-11-14(17(2,3)4)9-10-16(13)19-5/h9-11,15H,6-8,12,18H2,1-5H3. The van der Waals surface area contributed by atoms with Crippen LogP contribution in [0.15, 0.2) is 18.2 Å². The number of hydrogen-bond donors (Lipinski definition) is 1. The van der Waals surface area contributed by atoms with Gasteiger partial charge < -0.3 is 10.5 Å². The molecule has 19 heavy (non-hydrogen) atoms. The van der Waals surface area contributed by atoms with Crippen molar-refractivity contribution in [2.75, 3.05) is 7.11 Å². The number of benzene rings is 1. The van der Waals surface area contributed by atoms with E-state index in [1.54, 1.807) is 7.11 Å². The van der Waals surface area contributed by atoms with Gasteiger partial charge in [-0.2, -0.15) is 0 Å². The van der Waals surface area contributed by atoms with Crippen LogP contribution in [0.2, 0.25) is 0 Å². The minimum Gasteiger partial charge on any atom is -0.496 e. The van der Waals surface area contributed by atoms with Gasteiger partial charge in [-0.1, -0.05) is 52.7 Å². The SMILES string of the molecule is CCCCC(N)Cc1cc(C(C)(C)C)ccc1OC. The van der Waals surface area contributed by atoms with Crippen LogP contribution in [0.5, 0.6) is 5.75 Å². The molecule has 0 spiro atoms. The van der Waals surface area contributed by atoms with Gasteiger partial charge in [0.05, 0.1) is 7.11 Å². The molecule has 0 aliphatic heterocycles. The molecule has 0 aliphatic rings. The molecule has 0 bridgehead atoms. The monoisotopic (exact) mass is 263 g/mol. The van der Waals surface area contributed by atoms with E-state index in [-0.39, 0.29) is 11.5 Å². The second-order valence-corrected chi connectivity index (χ2v) is 6.38. The summed E-state index contributed by atoms with van der Waals surface area (Å²) in [7, 11) is 1.73. The highest BCUT2D eigenvalue weighted by Crippen LogP contribution is 2.28. The van der Waals surface area contributed by atoms with Crippen LogP contribution >= 0.6 is 0 Å². The van der Waals surface area contributed by atoms with Gasteiger partial charge in [-0.3, -0.25) is 0 Å². The van der Waals surface area contributed by atoms with E-state index in [9.17, 15) is 0 Å². The van der Waals surface area contributed by atoms with Crippen LogP contribution in [0.3, 0.4) is 0 Å². The summed E-state index contributed by atoms with van der Waals surface area (Å²) in [6.45, 7) is 8.90. The van der Waals surface area contributed by atoms with E-state index in [4.69, 9.17) is 10.5 Å². The van der Waals surface area contributed by atoms with E-state index in [1.807, 2.05) is 0 Å². The highest BCUT2D eigenvalue weighted by molar-refractivity contribution is 5.40. The summed E-state index contributed by atoms with van der Waals surface area (Å²) in [5, 5.41) is 0. The van der Waals surface area contributed by atoms with Crippen molar-refractivity contribution in [3.63, 3.8) is 0 Å². The van der Waals surface area contributed by atoms with Gasteiger partial charge in [0.25, 0.3) is 0 Å². The largest absolute Gasteiger partial charge is 0.496 e. The first-order valence-corrected chi connectivity index (χ1v) is 7.31. The lowest BCUT2D eigenvalue weighted by atomic mass is 9.85. The molecule has 0 fully saturated rings. The van der Waals surface area contributed by atoms with Crippen molar-refractivity contribution >= 4 is 0 Å². The molecule has 0 aliphatic carbocycles. The molecular formula is C17H29NO. The van der Waals surface area contributed by atoms with Crippen molar-refractivity contribution in [3.8, 4) is 5.75 Å². The number of nitrogens with two attached hydrogens (primary N) is 1. The molecule has 1 rings (SSSR count). The maximum atomic E-state index is 6.22. The quantitative estimate of drug-likeness (QED) is 0.840. The molecule has 0 radical (unpaired) electrons. The number of unbranched alkanes of at least 4 members (excludes halogenated alkanes) is 1. The number of hydrogen-bond acceptors (Lipinski definition) is 2. The highest BCUT2D eigenvalue weighted by Gasteiger charge is 2.17. The van der Waals surface area contributed by atoms with Crippen molar-refractivity contribution in [2.24, 2.45) is 5.73 Å². The third-order valence-corrected chi connectivity index (χ3v) is 3.56. The summed E-state index contributed by atoms with van der Waals surface area (Å²) in [5.74, 6) is 0.958. The molecule has 2 N–H and O–H groups in total. The second kappa shape index (κ2) is 6.95. The molecule has 108 valence electrons. The van der Waals surface area contributed by atoms with Crippen LogP contribution < -0.4 is 10.5 Å². The average Bonchev–Trinajstić information content (AvgIpc) is 2.35. The molecular weight excluding hydrogens is 234 g/mol. The van der Waals surface area contributed by atoms with E-state index in [0.29, 0.717) is 0 Å². The molecule has 1 atom stereocenters. The summed E-state index contributed by atoms with van der Waals surface area (Å²) in [6, 6.07) is 6.71. The Labute approximate surface area is 118 Å². The summed E-state index contributed by atoms with van der Waals surface area (Å²) < 4.78 is 5.46. The number of ether oxygens (including phenoxy) is 1. The van der Waals surface area contributed by atoms with Gasteiger partial charge in [0, 0.05) is 6.04 Å². The van der Waals surface area contributed by atoms with E-state index in [0.717, 1.165) is 18.6 Å². The second-order valence-electron chi connectivity index (χ2n) is 6.38. The molecule has 0 amide bonds. The molecule has 0 heterocycles. The lowest BCUT2D eigenvalue weighted by Crippen LogP contribution is -2.23. The van der Waals surface area contributed by atoms with Gasteiger partial charge in [-0.05, 0) is 35.4 Å². The van der Waals surface area contributed by atoms with Crippen molar-refractivity contribution in [1.82, 2.24) is 0 Å². The third-order valence-electron chi connectivity index (χ3n) is 3.56. The van der Waals surface area contributed by atoms with Crippen LogP contribution in [-0.4, -0.2) is 13.2 Å². The molecule has 0 saturated heterocycles. The van der Waals surface area contributed by atoms with Crippen molar-refractivity contribution in [1.29, 1.82) is 0 Å². The third kappa shape index (κ3) is 4.87. The van der Waals surface area contributed by atoms with E-state index in [1.165, 1.54) is 24.0 Å². The maximum Gasteiger partial charge on any atom is 0.122 e. The zero-order valence-electron chi connectivity index (χ0n) is 13.1. The lowest BCUT2D eigenvalue weighted by Gasteiger charge is -2.22. The molecule has 0 saturated carbocycles. The van der Waals surface area contributed by atoms with Gasteiger partial charge in [0.1, 0.15) is 5.75 Å². The smallest absolute Gasteiger partial charge is 0.122 e. The fourth-order valence-electron chi connectivity index (χ4n) is 2.26. The molecule has 1 unspecified atom stereocenters. The van der Waals surface area contributed by atoms with E-state index >= 15 is 0 Å².